The fraction of sp³-hybridized carbons (Fsp3) is 0.370. The zero-order valence-corrected chi connectivity index (χ0v) is 17.6. The minimum absolute atomic E-state index is 0.219. The maximum atomic E-state index is 11.3. The van der Waals surface area contributed by atoms with E-state index >= 15 is 0 Å². The van der Waals surface area contributed by atoms with Crippen molar-refractivity contribution in [3.8, 4) is 16.9 Å². The van der Waals surface area contributed by atoms with Gasteiger partial charge in [-0.05, 0) is 96.2 Å². The van der Waals surface area contributed by atoms with E-state index in [4.69, 9.17) is 9.47 Å². The lowest BCUT2D eigenvalue weighted by atomic mass is 9.60. The minimum Gasteiger partial charge on any atom is -0.496 e. The Morgan fingerprint density at radius 3 is 2.32 bits per heavy atom. The average Bonchev–Trinajstić information content (AvgIpc) is 2.77. The van der Waals surface area contributed by atoms with Crippen molar-refractivity contribution in [1.29, 1.82) is 0 Å². The van der Waals surface area contributed by atoms with E-state index in [-0.39, 0.29) is 5.60 Å². The van der Waals surface area contributed by atoms with Gasteiger partial charge in [0.15, 0.2) is 0 Å². The Bertz CT molecular complexity index is 1160. The van der Waals surface area contributed by atoms with Gasteiger partial charge < -0.3 is 14.6 Å². The fourth-order valence-electron chi connectivity index (χ4n) is 6.45. The monoisotopic (exact) mass is 414 g/mol. The number of fused-ring (bicyclic) bond motifs is 1. The van der Waals surface area contributed by atoms with Crippen molar-refractivity contribution in [2.75, 3.05) is 7.11 Å². The summed E-state index contributed by atoms with van der Waals surface area (Å²) in [5, 5.41) is 11.2. The maximum absolute atomic E-state index is 11.3. The van der Waals surface area contributed by atoms with E-state index in [0.717, 1.165) is 52.3 Å². The number of benzene rings is 3. The zero-order valence-electron chi connectivity index (χ0n) is 17.6. The molecular weight excluding hydrogens is 388 g/mol. The maximum Gasteiger partial charge on any atom is 0.335 e. The Hall–Kier alpha value is -2.85. The normalized spacial score (nSPS) is 28.7. The lowest BCUT2D eigenvalue weighted by Gasteiger charge is -2.56. The van der Waals surface area contributed by atoms with Gasteiger partial charge in [-0.2, -0.15) is 0 Å². The number of hydrogen-bond acceptors (Lipinski definition) is 3. The van der Waals surface area contributed by atoms with Crippen LogP contribution in [0.3, 0.4) is 0 Å². The number of carbonyl (C=O) groups is 1. The van der Waals surface area contributed by atoms with E-state index in [1.54, 1.807) is 19.2 Å². The van der Waals surface area contributed by atoms with Crippen LogP contribution in [0.15, 0.2) is 54.6 Å². The van der Waals surface area contributed by atoms with Crippen LogP contribution >= 0.6 is 0 Å². The van der Waals surface area contributed by atoms with Gasteiger partial charge in [0.25, 0.3) is 0 Å². The van der Waals surface area contributed by atoms with Crippen molar-refractivity contribution < 1.29 is 19.4 Å². The second-order valence-electron chi connectivity index (χ2n) is 9.58. The topological polar surface area (TPSA) is 55.8 Å². The van der Waals surface area contributed by atoms with Crippen molar-refractivity contribution >= 4 is 16.7 Å². The van der Waals surface area contributed by atoms with Gasteiger partial charge in [0.1, 0.15) is 5.75 Å². The predicted molar refractivity (Wildman–Crippen MR) is 120 cm³/mol. The molecule has 2 aliphatic heterocycles. The third kappa shape index (κ3) is 3.04. The minimum atomic E-state index is -0.902. The highest BCUT2D eigenvalue weighted by molar-refractivity contribution is 5.95. The van der Waals surface area contributed by atoms with Crippen LogP contribution < -0.4 is 4.74 Å². The molecule has 4 fully saturated rings. The summed E-state index contributed by atoms with van der Waals surface area (Å²) < 4.78 is 12.5. The summed E-state index contributed by atoms with van der Waals surface area (Å²) in [7, 11) is 1.75. The molecule has 1 N–H and O–H groups in total. The Kier molecular flexibility index (Phi) is 4.16. The number of hydrogen-bond donors (Lipinski definition) is 1. The molecule has 31 heavy (non-hydrogen) atoms. The second-order valence-corrected chi connectivity index (χ2v) is 9.58. The fourth-order valence-corrected chi connectivity index (χ4v) is 6.45. The number of aromatic carboxylic acids is 1. The smallest absolute Gasteiger partial charge is 0.335 e. The molecule has 0 spiro atoms. The van der Waals surface area contributed by atoms with Crippen LogP contribution in [0.1, 0.15) is 48.0 Å². The molecule has 2 unspecified atom stereocenters. The molecule has 4 nitrogen and oxygen atoms in total. The summed E-state index contributed by atoms with van der Waals surface area (Å²) in [6.45, 7) is 0. The Morgan fingerprint density at radius 1 is 0.935 bits per heavy atom. The third-order valence-electron chi connectivity index (χ3n) is 7.60. The molecule has 0 aromatic heterocycles. The highest BCUT2D eigenvalue weighted by Gasteiger charge is 2.53. The molecule has 4 aliphatic rings. The summed E-state index contributed by atoms with van der Waals surface area (Å²) in [5.74, 6) is 1.55. The molecule has 4 bridgehead atoms. The van der Waals surface area contributed by atoms with Crippen molar-refractivity contribution in [2.45, 2.75) is 43.8 Å². The first-order chi connectivity index (χ1) is 15.0. The van der Waals surface area contributed by atoms with E-state index < -0.39 is 5.97 Å². The largest absolute Gasteiger partial charge is 0.496 e. The summed E-state index contributed by atoms with van der Waals surface area (Å²) in [6, 6.07) is 17.9. The Morgan fingerprint density at radius 2 is 1.61 bits per heavy atom. The molecule has 3 aromatic carbocycles. The number of methoxy groups -OCH3 is 1. The lowest BCUT2D eigenvalue weighted by molar-refractivity contribution is -0.226. The number of carboxylic acid groups (broad SMARTS) is 1. The molecule has 2 saturated heterocycles. The molecule has 158 valence electrons. The van der Waals surface area contributed by atoms with Crippen LogP contribution in [-0.4, -0.2) is 24.3 Å². The first-order valence-electron chi connectivity index (χ1n) is 11.2. The van der Waals surface area contributed by atoms with Gasteiger partial charge in [0.05, 0.1) is 24.4 Å². The van der Waals surface area contributed by atoms with Crippen LogP contribution in [0.25, 0.3) is 21.9 Å². The van der Waals surface area contributed by atoms with E-state index in [9.17, 15) is 9.90 Å². The Labute approximate surface area is 181 Å². The van der Waals surface area contributed by atoms with Gasteiger partial charge in [-0.15, -0.1) is 0 Å². The summed E-state index contributed by atoms with van der Waals surface area (Å²) >= 11 is 0. The second kappa shape index (κ2) is 6.83. The molecule has 2 heterocycles. The molecule has 2 saturated carbocycles. The highest BCUT2D eigenvalue weighted by atomic mass is 16.5. The highest BCUT2D eigenvalue weighted by Crippen LogP contribution is 2.59. The molecule has 7 rings (SSSR count). The Balaban J connectivity index is 1.43. The molecule has 4 heteroatoms. The van der Waals surface area contributed by atoms with E-state index in [1.807, 2.05) is 12.1 Å². The predicted octanol–water partition coefficient (Wildman–Crippen LogP) is 6.02. The molecule has 3 aromatic rings. The van der Waals surface area contributed by atoms with Crippen LogP contribution in [0.4, 0.5) is 0 Å². The van der Waals surface area contributed by atoms with Crippen molar-refractivity contribution in [1.82, 2.24) is 0 Å². The van der Waals surface area contributed by atoms with Gasteiger partial charge in [0.2, 0.25) is 0 Å². The molecule has 0 radical (unpaired) electrons. The standard InChI is InChI=1S/C27H26O4/c1-30-25-7-6-21(19-2-3-20-12-22(26(28)29)5-4-18(20)11-19)13-24(25)27-14-16-8-17(15-27)10-23(9-16)31-27/h2-7,11-13,16-17,23H,8-10,14-15H2,1H3,(H,28,29). The van der Waals surface area contributed by atoms with Crippen molar-refractivity contribution in [3.05, 3.63) is 65.7 Å². The van der Waals surface area contributed by atoms with Gasteiger partial charge in [-0.1, -0.05) is 24.3 Å². The molecular formula is C27H26O4. The van der Waals surface area contributed by atoms with Gasteiger partial charge in [0, 0.05) is 5.56 Å². The van der Waals surface area contributed by atoms with Crippen molar-refractivity contribution in [2.24, 2.45) is 11.8 Å². The number of carboxylic acids is 1. The first kappa shape index (κ1) is 18.9. The van der Waals surface area contributed by atoms with Crippen LogP contribution in [0.5, 0.6) is 5.75 Å². The summed E-state index contributed by atoms with van der Waals surface area (Å²) in [4.78, 5) is 11.3. The SMILES string of the molecule is COc1ccc(-c2ccc3cc(C(=O)O)ccc3c2)cc1C12CC3CC(CC(C3)O1)C2. The van der Waals surface area contributed by atoms with Crippen molar-refractivity contribution in [3.63, 3.8) is 0 Å². The van der Waals surface area contributed by atoms with Gasteiger partial charge in [-0.3, -0.25) is 0 Å². The number of rotatable bonds is 4. The van der Waals surface area contributed by atoms with Gasteiger partial charge >= 0.3 is 5.97 Å². The molecule has 0 amide bonds. The zero-order chi connectivity index (χ0) is 21.2. The van der Waals surface area contributed by atoms with Crippen LogP contribution in [-0.2, 0) is 10.3 Å². The summed E-state index contributed by atoms with van der Waals surface area (Å²) in [6.07, 6.45) is 6.35. The van der Waals surface area contributed by atoms with E-state index in [0.29, 0.717) is 11.7 Å². The summed E-state index contributed by atoms with van der Waals surface area (Å²) in [5.41, 5.74) is 3.53. The van der Waals surface area contributed by atoms with Crippen LogP contribution in [0.2, 0.25) is 0 Å². The average molecular weight is 415 g/mol. The van der Waals surface area contributed by atoms with E-state index in [2.05, 4.69) is 30.3 Å². The van der Waals surface area contributed by atoms with Gasteiger partial charge in [-0.25, -0.2) is 4.79 Å². The first-order valence-corrected chi connectivity index (χ1v) is 11.2. The molecule has 2 atom stereocenters. The lowest BCUT2D eigenvalue weighted by Crippen LogP contribution is -2.52. The number of ether oxygens (including phenoxy) is 2. The molecule has 2 aliphatic carbocycles. The van der Waals surface area contributed by atoms with Crippen LogP contribution in [0, 0.1) is 11.8 Å². The third-order valence-corrected chi connectivity index (χ3v) is 7.60. The quantitative estimate of drug-likeness (QED) is 0.567. The van der Waals surface area contributed by atoms with E-state index in [1.165, 1.54) is 24.8 Å².